The molecule has 1 aromatic carbocycles. The Morgan fingerprint density at radius 2 is 1.71 bits per heavy atom. The quantitative estimate of drug-likeness (QED) is 0.316. The Bertz CT molecular complexity index is 1390. The molecule has 0 amide bonds. The lowest BCUT2D eigenvalue weighted by Crippen LogP contribution is -2.33. The smallest absolute Gasteiger partial charge is 0.326 e. The third-order valence-corrected chi connectivity index (χ3v) is 5.90. The molecule has 4 aromatic rings. The van der Waals surface area contributed by atoms with Crippen molar-refractivity contribution in [2.45, 2.75) is 26.3 Å². The zero-order valence-corrected chi connectivity index (χ0v) is 22.0. The number of rotatable bonds is 10. The van der Waals surface area contributed by atoms with Gasteiger partial charge in [-0.05, 0) is 26.0 Å². The van der Waals surface area contributed by atoms with Crippen molar-refractivity contribution in [3.05, 3.63) is 54.1 Å². The van der Waals surface area contributed by atoms with Crippen molar-refractivity contribution in [2.24, 2.45) is 0 Å². The highest BCUT2D eigenvalue weighted by atomic mass is 16.5. The van der Waals surface area contributed by atoms with Gasteiger partial charge in [0.25, 0.3) is 0 Å². The molecule has 198 valence electrons. The van der Waals surface area contributed by atoms with Crippen LogP contribution in [0, 0.1) is 13.8 Å². The normalized spacial score (nSPS) is 11.6. The second-order valence-corrected chi connectivity index (χ2v) is 8.69. The van der Waals surface area contributed by atoms with Gasteiger partial charge in [0.2, 0.25) is 5.95 Å². The third-order valence-electron chi connectivity index (χ3n) is 5.90. The van der Waals surface area contributed by atoms with Gasteiger partial charge in [0.05, 0.1) is 31.0 Å². The molecule has 3 heterocycles. The molecule has 12 heteroatoms. The van der Waals surface area contributed by atoms with Gasteiger partial charge in [0, 0.05) is 50.2 Å². The van der Waals surface area contributed by atoms with Crippen LogP contribution in [0.4, 0.5) is 11.8 Å². The number of ether oxygens (including phenoxy) is 2. The fourth-order valence-corrected chi connectivity index (χ4v) is 4.02. The van der Waals surface area contributed by atoms with E-state index in [1.54, 1.807) is 65.7 Å². The van der Waals surface area contributed by atoms with Crippen molar-refractivity contribution < 1.29 is 23.9 Å². The fraction of sp³-hybridized carbons (Fsp3) is 0.308. The molecule has 4 rings (SSSR count). The lowest BCUT2D eigenvalue weighted by molar-refractivity contribution is -0.137. The third kappa shape index (κ3) is 5.33. The zero-order chi connectivity index (χ0) is 27.4. The van der Waals surface area contributed by atoms with Crippen molar-refractivity contribution >= 4 is 17.7 Å². The van der Waals surface area contributed by atoms with Gasteiger partial charge in [-0.3, -0.25) is 0 Å². The number of aromatic nitrogens is 5. The number of nitrogens with zero attached hydrogens (tertiary/aromatic N) is 6. The van der Waals surface area contributed by atoms with Crippen molar-refractivity contribution in [3.63, 3.8) is 0 Å². The zero-order valence-electron chi connectivity index (χ0n) is 22.0. The van der Waals surface area contributed by atoms with Crippen molar-refractivity contribution in [1.82, 2.24) is 25.1 Å². The maximum absolute atomic E-state index is 12.3. The first-order valence-corrected chi connectivity index (χ1v) is 11.7. The highest BCUT2D eigenvalue weighted by Gasteiger charge is 2.25. The van der Waals surface area contributed by atoms with Crippen molar-refractivity contribution in [3.8, 4) is 33.8 Å². The van der Waals surface area contributed by atoms with Gasteiger partial charge in [-0.15, -0.1) is 0 Å². The summed E-state index contributed by atoms with van der Waals surface area (Å²) in [5, 5.41) is 17.1. The predicted octanol–water partition coefficient (Wildman–Crippen LogP) is 3.40. The Morgan fingerprint density at radius 1 is 1.05 bits per heavy atom. The van der Waals surface area contributed by atoms with Crippen molar-refractivity contribution in [1.29, 1.82) is 0 Å². The van der Waals surface area contributed by atoms with Gasteiger partial charge in [-0.25, -0.2) is 19.7 Å². The molecule has 0 aliphatic rings. The first kappa shape index (κ1) is 26.3. The van der Waals surface area contributed by atoms with Crippen LogP contribution in [0.25, 0.3) is 22.3 Å². The number of benzene rings is 1. The van der Waals surface area contributed by atoms with E-state index in [9.17, 15) is 9.90 Å². The Hall–Kier alpha value is -4.74. The maximum atomic E-state index is 12.3. The second-order valence-electron chi connectivity index (χ2n) is 8.69. The van der Waals surface area contributed by atoms with E-state index in [2.05, 4.69) is 30.4 Å². The Balaban J connectivity index is 1.65. The molecule has 0 saturated carbocycles. The molecule has 0 aliphatic heterocycles. The minimum atomic E-state index is -1.08. The van der Waals surface area contributed by atoms with Gasteiger partial charge in [0.1, 0.15) is 34.9 Å². The number of aliphatic carboxylic acids is 1. The van der Waals surface area contributed by atoms with Crippen LogP contribution in [-0.4, -0.2) is 70.5 Å². The topological polar surface area (TPSA) is 149 Å². The van der Waals surface area contributed by atoms with Crippen LogP contribution >= 0.6 is 0 Å². The van der Waals surface area contributed by atoms with Crippen LogP contribution in [-0.2, 0) is 11.2 Å². The number of nitrogens with one attached hydrogen (secondary N) is 1. The highest BCUT2D eigenvalue weighted by Crippen LogP contribution is 2.37. The summed E-state index contributed by atoms with van der Waals surface area (Å²) in [6.07, 6.45) is 4.86. The first-order chi connectivity index (χ1) is 18.2. The molecule has 0 aliphatic carbocycles. The average Bonchev–Trinajstić information content (AvgIpc) is 3.25. The molecule has 0 radical (unpaired) electrons. The molecule has 0 bridgehead atoms. The Morgan fingerprint density at radius 3 is 2.24 bits per heavy atom. The molecule has 1 atom stereocenters. The van der Waals surface area contributed by atoms with E-state index in [1.165, 1.54) is 0 Å². The van der Waals surface area contributed by atoms with Gasteiger partial charge >= 0.3 is 5.97 Å². The number of methoxy groups -OCH3 is 2. The molecule has 3 aromatic heterocycles. The summed E-state index contributed by atoms with van der Waals surface area (Å²) in [4.78, 5) is 31.8. The minimum absolute atomic E-state index is 0.00101. The van der Waals surface area contributed by atoms with Gasteiger partial charge in [-0.2, -0.15) is 4.98 Å². The van der Waals surface area contributed by atoms with Gasteiger partial charge in [-0.1, -0.05) is 11.2 Å². The summed E-state index contributed by atoms with van der Waals surface area (Å²) in [7, 11) is 6.75. The standard InChI is InChI=1S/C26H29N7O5/c1-14-22(15(2)38-32-14)17-13-29-26(33(3)4)31-24(17)30-18(25(34)35)10-21-27-11-16(12-28-21)23-19(36-5)8-7-9-20(23)37-6/h7-9,11-13,18H,10H2,1-6H3,(H,34,35)(H,29,30,31)/t18-/m0/s1. The molecule has 0 fully saturated rings. The van der Waals surface area contributed by atoms with Crippen LogP contribution in [0.5, 0.6) is 11.5 Å². The SMILES string of the molecule is COc1cccc(OC)c1-c1cnc(C[C@H](Nc2nc(N(C)C)ncc2-c2c(C)noc2C)C(=O)O)nc1. The van der Waals surface area contributed by atoms with E-state index in [1.807, 2.05) is 18.2 Å². The summed E-state index contributed by atoms with van der Waals surface area (Å²) in [6.45, 7) is 3.58. The van der Waals surface area contributed by atoms with Crippen LogP contribution in [0.2, 0.25) is 0 Å². The van der Waals surface area contributed by atoms with E-state index >= 15 is 0 Å². The predicted molar refractivity (Wildman–Crippen MR) is 141 cm³/mol. The second kappa shape index (κ2) is 11.1. The number of hydrogen-bond donors (Lipinski definition) is 2. The summed E-state index contributed by atoms with van der Waals surface area (Å²) < 4.78 is 16.3. The maximum Gasteiger partial charge on any atom is 0.326 e. The number of carboxylic acid groups (broad SMARTS) is 1. The minimum Gasteiger partial charge on any atom is -0.496 e. The summed E-state index contributed by atoms with van der Waals surface area (Å²) in [6, 6.07) is 4.38. The molecular formula is C26H29N7O5. The van der Waals surface area contributed by atoms with E-state index < -0.39 is 12.0 Å². The molecule has 0 saturated heterocycles. The number of hydrogen-bond acceptors (Lipinski definition) is 11. The van der Waals surface area contributed by atoms with Gasteiger partial charge < -0.3 is 29.3 Å². The van der Waals surface area contributed by atoms with Crippen molar-refractivity contribution in [2.75, 3.05) is 38.5 Å². The lowest BCUT2D eigenvalue weighted by Gasteiger charge is -2.19. The molecule has 38 heavy (non-hydrogen) atoms. The van der Waals surface area contributed by atoms with E-state index in [0.717, 1.165) is 0 Å². The highest BCUT2D eigenvalue weighted by molar-refractivity contribution is 5.83. The van der Waals surface area contributed by atoms with Crippen LogP contribution in [0.1, 0.15) is 17.3 Å². The molecular weight excluding hydrogens is 490 g/mol. The van der Waals surface area contributed by atoms with Crippen LogP contribution in [0.3, 0.4) is 0 Å². The number of aryl methyl sites for hydroxylation is 2. The fourth-order valence-electron chi connectivity index (χ4n) is 4.02. The monoisotopic (exact) mass is 519 g/mol. The van der Waals surface area contributed by atoms with E-state index in [-0.39, 0.29) is 6.42 Å². The molecule has 12 nitrogen and oxygen atoms in total. The summed E-state index contributed by atoms with van der Waals surface area (Å²) in [5.41, 5.74) is 3.31. The van der Waals surface area contributed by atoms with Crippen LogP contribution < -0.4 is 19.7 Å². The number of carboxylic acids is 1. The molecule has 2 N–H and O–H groups in total. The number of carbonyl (C=O) groups is 1. The Kier molecular flexibility index (Phi) is 7.70. The van der Waals surface area contributed by atoms with E-state index in [4.69, 9.17) is 14.0 Å². The largest absolute Gasteiger partial charge is 0.496 e. The van der Waals surface area contributed by atoms with Crippen LogP contribution in [0.15, 0.2) is 41.3 Å². The van der Waals surface area contributed by atoms with Gasteiger partial charge in [0.15, 0.2) is 0 Å². The molecule has 0 unspecified atom stereocenters. The lowest BCUT2D eigenvalue weighted by atomic mass is 10.1. The first-order valence-electron chi connectivity index (χ1n) is 11.7. The molecule has 0 spiro atoms. The number of anilines is 2. The summed E-state index contributed by atoms with van der Waals surface area (Å²) >= 11 is 0. The summed E-state index contributed by atoms with van der Waals surface area (Å²) in [5.74, 6) is 1.79. The average molecular weight is 520 g/mol. The Labute approximate surface area is 219 Å². The van der Waals surface area contributed by atoms with E-state index in [0.29, 0.717) is 62.8 Å².